The van der Waals surface area contributed by atoms with Gasteiger partial charge in [0.2, 0.25) is 4.96 Å². The van der Waals surface area contributed by atoms with Gasteiger partial charge in [-0.05, 0) is 61.6 Å². The van der Waals surface area contributed by atoms with E-state index in [0.717, 1.165) is 27.0 Å². The first-order valence-corrected chi connectivity index (χ1v) is 10.3. The Hall–Kier alpha value is -3.57. The molecular formula is C20H18N6O3S2. The minimum absolute atomic E-state index is 0.182. The number of amides is 1. The summed E-state index contributed by atoms with van der Waals surface area (Å²) in [5.41, 5.74) is 2.08. The van der Waals surface area contributed by atoms with Gasteiger partial charge in [0.05, 0.1) is 14.2 Å². The highest BCUT2D eigenvalue weighted by Gasteiger charge is 2.13. The molecule has 0 radical (unpaired) electrons. The molecule has 0 aliphatic rings. The second-order valence-corrected chi connectivity index (χ2v) is 7.77. The summed E-state index contributed by atoms with van der Waals surface area (Å²) < 4.78 is 12.1. The van der Waals surface area contributed by atoms with Crippen LogP contribution in [0.2, 0.25) is 0 Å². The minimum Gasteiger partial charge on any atom is -0.493 e. The molecule has 2 heterocycles. The number of nitrogens with one attached hydrogen (secondary N) is 2. The number of thiocarbonyl (C=S) groups is 1. The van der Waals surface area contributed by atoms with Gasteiger partial charge in [-0.2, -0.15) is 9.61 Å². The van der Waals surface area contributed by atoms with E-state index in [2.05, 4.69) is 25.9 Å². The summed E-state index contributed by atoms with van der Waals surface area (Å²) in [6, 6.07) is 12.4. The Balaban J connectivity index is 1.41. The van der Waals surface area contributed by atoms with Gasteiger partial charge >= 0.3 is 0 Å². The molecule has 2 aromatic heterocycles. The van der Waals surface area contributed by atoms with Gasteiger partial charge in [0.1, 0.15) is 5.01 Å². The zero-order valence-electron chi connectivity index (χ0n) is 16.9. The fourth-order valence-electron chi connectivity index (χ4n) is 2.84. The highest BCUT2D eigenvalue weighted by Crippen LogP contribution is 2.28. The molecule has 0 aliphatic carbocycles. The summed E-state index contributed by atoms with van der Waals surface area (Å²) in [6.07, 6.45) is 0. The number of ether oxygens (including phenoxy) is 2. The van der Waals surface area contributed by atoms with E-state index in [1.54, 1.807) is 22.7 Å². The molecule has 0 unspecified atom stereocenters. The average molecular weight is 455 g/mol. The standard InChI is InChI=1S/C20H18N6O3S2/c1-11-23-24-20-26(11)25-18(31-20)12-4-7-14(8-5-12)21-19(30)22-17(27)13-6-9-15(28-2)16(10-13)29-3/h4-10H,1-3H3,(H2,21,22,27,30). The summed E-state index contributed by atoms with van der Waals surface area (Å²) in [6.45, 7) is 1.85. The highest BCUT2D eigenvalue weighted by atomic mass is 32.1. The molecule has 1 amide bonds. The average Bonchev–Trinajstić information content (AvgIpc) is 3.35. The summed E-state index contributed by atoms with van der Waals surface area (Å²) in [5.74, 6) is 1.39. The number of methoxy groups -OCH3 is 2. The van der Waals surface area contributed by atoms with Crippen LogP contribution in [0.3, 0.4) is 0 Å². The van der Waals surface area contributed by atoms with Crippen LogP contribution >= 0.6 is 23.6 Å². The minimum atomic E-state index is -0.356. The zero-order chi connectivity index (χ0) is 22.0. The number of aromatic nitrogens is 4. The molecule has 0 atom stereocenters. The monoisotopic (exact) mass is 454 g/mol. The van der Waals surface area contributed by atoms with Gasteiger partial charge < -0.3 is 14.8 Å². The van der Waals surface area contributed by atoms with Crippen molar-refractivity contribution in [3.63, 3.8) is 0 Å². The lowest BCUT2D eigenvalue weighted by Gasteiger charge is -2.12. The fourth-order valence-corrected chi connectivity index (χ4v) is 3.94. The molecule has 31 heavy (non-hydrogen) atoms. The molecule has 11 heteroatoms. The first-order chi connectivity index (χ1) is 15.0. The number of hydrogen-bond donors (Lipinski definition) is 2. The predicted molar refractivity (Wildman–Crippen MR) is 122 cm³/mol. The van der Waals surface area contributed by atoms with Gasteiger partial charge in [0.15, 0.2) is 22.4 Å². The van der Waals surface area contributed by atoms with Crippen molar-refractivity contribution in [2.75, 3.05) is 19.5 Å². The molecule has 0 saturated heterocycles. The number of hydrogen-bond acceptors (Lipinski definition) is 8. The second-order valence-electron chi connectivity index (χ2n) is 6.40. The third-order valence-electron chi connectivity index (χ3n) is 4.41. The highest BCUT2D eigenvalue weighted by molar-refractivity contribution is 7.80. The molecule has 0 saturated carbocycles. The van der Waals surface area contributed by atoms with Crippen LogP contribution in [0.4, 0.5) is 5.69 Å². The number of fused-ring (bicyclic) bond motifs is 1. The Kier molecular flexibility index (Phi) is 5.78. The van der Waals surface area contributed by atoms with Gasteiger partial charge in [0.25, 0.3) is 5.91 Å². The van der Waals surface area contributed by atoms with Crippen molar-refractivity contribution in [1.82, 2.24) is 25.1 Å². The van der Waals surface area contributed by atoms with E-state index < -0.39 is 0 Å². The maximum absolute atomic E-state index is 12.5. The zero-order valence-corrected chi connectivity index (χ0v) is 18.5. The largest absolute Gasteiger partial charge is 0.493 e. The summed E-state index contributed by atoms with van der Waals surface area (Å²) in [7, 11) is 3.05. The maximum atomic E-state index is 12.5. The number of aryl methyl sites for hydroxylation is 1. The van der Waals surface area contributed by atoms with E-state index >= 15 is 0 Å². The van der Waals surface area contributed by atoms with Crippen molar-refractivity contribution >= 4 is 45.2 Å². The van der Waals surface area contributed by atoms with Crippen molar-refractivity contribution in [3.05, 3.63) is 53.9 Å². The van der Waals surface area contributed by atoms with E-state index in [4.69, 9.17) is 21.7 Å². The second kappa shape index (κ2) is 8.66. The Bertz CT molecular complexity index is 1270. The maximum Gasteiger partial charge on any atom is 0.257 e. The van der Waals surface area contributed by atoms with E-state index in [1.165, 1.54) is 25.6 Å². The fraction of sp³-hybridized carbons (Fsp3) is 0.150. The van der Waals surface area contributed by atoms with Crippen molar-refractivity contribution in [3.8, 4) is 22.1 Å². The van der Waals surface area contributed by atoms with Gasteiger partial charge in [-0.15, -0.1) is 10.2 Å². The lowest BCUT2D eigenvalue weighted by atomic mass is 10.2. The van der Waals surface area contributed by atoms with Gasteiger partial charge in [-0.3, -0.25) is 10.1 Å². The van der Waals surface area contributed by atoms with Crippen molar-refractivity contribution in [2.24, 2.45) is 0 Å². The lowest BCUT2D eigenvalue weighted by Crippen LogP contribution is -2.34. The van der Waals surface area contributed by atoms with E-state index in [9.17, 15) is 4.79 Å². The number of anilines is 1. The molecule has 0 aliphatic heterocycles. The van der Waals surface area contributed by atoms with Crippen LogP contribution in [0.5, 0.6) is 11.5 Å². The smallest absolute Gasteiger partial charge is 0.257 e. The third-order valence-corrected chi connectivity index (χ3v) is 5.56. The number of carbonyl (C=O) groups excluding carboxylic acids is 1. The van der Waals surface area contributed by atoms with Crippen LogP contribution in [-0.2, 0) is 0 Å². The molecule has 9 nitrogen and oxygen atoms in total. The van der Waals surface area contributed by atoms with Gasteiger partial charge in [-0.25, -0.2) is 0 Å². The van der Waals surface area contributed by atoms with Crippen LogP contribution in [0, 0.1) is 6.92 Å². The lowest BCUT2D eigenvalue weighted by molar-refractivity contribution is 0.0977. The Morgan fingerprint density at radius 1 is 1.06 bits per heavy atom. The Labute approximate surface area is 187 Å². The van der Waals surface area contributed by atoms with Crippen molar-refractivity contribution in [2.45, 2.75) is 6.92 Å². The van der Waals surface area contributed by atoms with Crippen LogP contribution < -0.4 is 20.1 Å². The molecule has 2 aromatic carbocycles. The van der Waals surface area contributed by atoms with Crippen LogP contribution in [0.15, 0.2) is 42.5 Å². The Morgan fingerprint density at radius 3 is 2.48 bits per heavy atom. The molecule has 0 spiro atoms. The van der Waals surface area contributed by atoms with E-state index in [0.29, 0.717) is 17.1 Å². The van der Waals surface area contributed by atoms with Crippen LogP contribution in [0.1, 0.15) is 16.2 Å². The van der Waals surface area contributed by atoms with Gasteiger partial charge in [0, 0.05) is 16.8 Å². The van der Waals surface area contributed by atoms with Crippen molar-refractivity contribution in [1.29, 1.82) is 0 Å². The Morgan fingerprint density at radius 2 is 1.81 bits per heavy atom. The molecular weight excluding hydrogens is 436 g/mol. The third kappa shape index (κ3) is 4.32. The van der Waals surface area contributed by atoms with Crippen molar-refractivity contribution < 1.29 is 14.3 Å². The molecule has 4 aromatic rings. The van der Waals surface area contributed by atoms with Crippen LogP contribution in [-0.4, -0.2) is 45.1 Å². The van der Waals surface area contributed by atoms with Gasteiger partial charge in [-0.1, -0.05) is 11.3 Å². The molecule has 158 valence electrons. The van der Waals surface area contributed by atoms with Crippen LogP contribution in [0.25, 0.3) is 15.5 Å². The topological polar surface area (TPSA) is 103 Å². The summed E-state index contributed by atoms with van der Waals surface area (Å²) >= 11 is 6.73. The predicted octanol–water partition coefficient (Wildman–Crippen LogP) is 3.31. The first kappa shape index (κ1) is 20.7. The number of benzene rings is 2. The summed E-state index contributed by atoms with van der Waals surface area (Å²) in [5, 5.41) is 19.3. The molecule has 2 N–H and O–H groups in total. The number of carbonyl (C=O) groups is 1. The SMILES string of the molecule is COc1ccc(C(=O)NC(=S)Nc2ccc(-c3nn4c(C)nnc4s3)cc2)cc1OC. The summed E-state index contributed by atoms with van der Waals surface area (Å²) in [4.78, 5) is 13.2. The quantitative estimate of drug-likeness (QED) is 0.443. The number of rotatable bonds is 5. The first-order valence-electron chi connectivity index (χ1n) is 9.12. The number of nitrogens with zero attached hydrogens (tertiary/aromatic N) is 4. The molecule has 4 rings (SSSR count). The molecule has 0 fully saturated rings. The normalized spacial score (nSPS) is 10.7. The van der Waals surface area contributed by atoms with E-state index in [-0.39, 0.29) is 11.0 Å². The molecule has 0 bridgehead atoms. The van der Waals surface area contributed by atoms with E-state index in [1.807, 2.05) is 31.2 Å².